The van der Waals surface area contributed by atoms with Gasteiger partial charge in [-0.3, -0.25) is 0 Å². The zero-order chi connectivity index (χ0) is 13.7. The third-order valence-corrected chi connectivity index (χ3v) is 2.28. The van der Waals surface area contributed by atoms with E-state index in [1.54, 1.807) is 0 Å². The van der Waals surface area contributed by atoms with Gasteiger partial charge in [-0.05, 0) is 0 Å². The smallest absolute Gasteiger partial charge is 0.131 e. The molecule has 8 N–H and O–H groups in total. The van der Waals surface area contributed by atoms with Gasteiger partial charge in [-0.25, -0.2) is 9.97 Å². The van der Waals surface area contributed by atoms with Gasteiger partial charge in [-0.1, -0.05) is 23.2 Å². The number of aromatic nitrogens is 2. The topological polar surface area (TPSA) is 130 Å². The van der Waals surface area contributed by atoms with Gasteiger partial charge in [0.05, 0.1) is 35.1 Å². The van der Waals surface area contributed by atoms with Gasteiger partial charge in [-0.15, -0.1) is 37.2 Å². The van der Waals surface area contributed by atoms with Crippen LogP contribution >= 0.6 is 60.4 Å². The molecule has 0 aliphatic carbocycles. The van der Waals surface area contributed by atoms with E-state index in [2.05, 4.69) is 9.97 Å². The Bertz CT molecular complexity index is 504. The predicted octanol–water partition coefficient (Wildman–Crippen LogP) is 3.06. The third kappa shape index (κ3) is 8.75. The Labute approximate surface area is 150 Å². The zero-order valence-electron chi connectivity index (χ0n) is 10.5. The Morgan fingerprint density at radius 3 is 1.10 bits per heavy atom. The minimum Gasteiger partial charge on any atom is -0.397 e. The standard InChI is InChI=1S/2C5H6ClN3.3ClH/c2*6-5-1-3(7)4(8)2-9-5;;;/h2*1-2H,8H2,(H2,7,9);3*1H. The molecule has 0 radical (unpaired) electrons. The summed E-state index contributed by atoms with van der Waals surface area (Å²) in [6.45, 7) is 0. The molecule has 2 heterocycles. The number of hydrogen-bond donors (Lipinski definition) is 4. The first-order valence-electron chi connectivity index (χ1n) is 4.73. The summed E-state index contributed by atoms with van der Waals surface area (Å²) in [5.41, 5.74) is 23.3. The van der Waals surface area contributed by atoms with Gasteiger partial charge in [0, 0.05) is 12.1 Å². The molecule has 0 aromatic carbocycles. The van der Waals surface area contributed by atoms with Crippen LogP contribution in [0.3, 0.4) is 0 Å². The van der Waals surface area contributed by atoms with Crippen LogP contribution in [0.4, 0.5) is 22.7 Å². The van der Waals surface area contributed by atoms with Crippen molar-refractivity contribution in [2.45, 2.75) is 0 Å². The quantitative estimate of drug-likeness (QED) is 0.506. The largest absolute Gasteiger partial charge is 0.397 e. The molecule has 2 rings (SSSR count). The number of nitrogens with two attached hydrogens (primary N) is 4. The number of hydrogen-bond acceptors (Lipinski definition) is 6. The normalized spacial score (nSPS) is 8.10. The molecule has 2 aromatic heterocycles. The summed E-state index contributed by atoms with van der Waals surface area (Å²) in [6, 6.07) is 3.02. The molecule has 0 aliphatic rings. The van der Waals surface area contributed by atoms with E-state index in [9.17, 15) is 0 Å². The highest BCUT2D eigenvalue weighted by molar-refractivity contribution is 6.30. The molecule has 2 aromatic rings. The molecule has 120 valence electrons. The predicted molar refractivity (Wildman–Crippen MR) is 97.9 cm³/mol. The fraction of sp³-hybridized carbons (Fsp3) is 0. The van der Waals surface area contributed by atoms with Crippen LogP contribution in [0, 0.1) is 0 Å². The summed E-state index contributed by atoms with van der Waals surface area (Å²) in [5, 5.41) is 0.725. The summed E-state index contributed by atoms with van der Waals surface area (Å²) in [7, 11) is 0. The van der Waals surface area contributed by atoms with Crippen LogP contribution in [0.1, 0.15) is 0 Å². The summed E-state index contributed by atoms with van der Waals surface area (Å²) >= 11 is 10.9. The first-order valence-corrected chi connectivity index (χ1v) is 5.48. The molecule has 0 spiro atoms. The van der Waals surface area contributed by atoms with Crippen LogP contribution in [0.2, 0.25) is 10.3 Å². The van der Waals surface area contributed by atoms with Crippen molar-refractivity contribution < 1.29 is 0 Å². The lowest BCUT2D eigenvalue weighted by Crippen LogP contribution is -1.94. The second-order valence-electron chi connectivity index (χ2n) is 3.27. The van der Waals surface area contributed by atoms with Crippen molar-refractivity contribution >= 4 is 83.2 Å². The van der Waals surface area contributed by atoms with Gasteiger partial charge in [0.2, 0.25) is 0 Å². The Kier molecular flexibility index (Phi) is 13.8. The molecule has 21 heavy (non-hydrogen) atoms. The molecular weight excluding hydrogens is 381 g/mol. The lowest BCUT2D eigenvalue weighted by molar-refractivity contribution is 1.33. The number of rotatable bonds is 0. The summed E-state index contributed by atoms with van der Waals surface area (Å²) in [4.78, 5) is 7.40. The SMILES string of the molecule is Cl.Cl.Cl.Nc1cnc(Cl)cc1N.Nc1cnc(Cl)cc1N. The molecule has 0 amide bonds. The van der Waals surface area contributed by atoms with Gasteiger partial charge >= 0.3 is 0 Å². The minimum absolute atomic E-state index is 0. The van der Waals surface area contributed by atoms with E-state index in [4.69, 9.17) is 46.1 Å². The van der Waals surface area contributed by atoms with E-state index < -0.39 is 0 Å². The Morgan fingerprint density at radius 1 is 0.619 bits per heavy atom. The van der Waals surface area contributed by atoms with Crippen molar-refractivity contribution in [1.29, 1.82) is 0 Å². The monoisotopic (exact) mass is 394 g/mol. The molecule has 0 aliphatic heterocycles. The molecule has 6 nitrogen and oxygen atoms in total. The molecule has 0 bridgehead atoms. The van der Waals surface area contributed by atoms with E-state index in [1.165, 1.54) is 24.5 Å². The maximum absolute atomic E-state index is 5.47. The van der Waals surface area contributed by atoms with E-state index in [0.717, 1.165) is 0 Å². The van der Waals surface area contributed by atoms with Crippen molar-refractivity contribution in [3.8, 4) is 0 Å². The van der Waals surface area contributed by atoms with Crippen molar-refractivity contribution in [2.24, 2.45) is 0 Å². The Morgan fingerprint density at radius 2 is 0.905 bits per heavy atom. The molecule has 0 fully saturated rings. The molecule has 0 unspecified atom stereocenters. The van der Waals surface area contributed by atoms with Crippen LogP contribution in [-0.4, -0.2) is 9.97 Å². The maximum atomic E-state index is 5.47. The number of anilines is 4. The van der Waals surface area contributed by atoms with Gasteiger partial charge in [0.15, 0.2) is 0 Å². The Balaban J connectivity index is -0.000000270. The second-order valence-corrected chi connectivity index (χ2v) is 4.05. The van der Waals surface area contributed by atoms with E-state index in [0.29, 0.717) is 33.1 Å². The first kappa shape index (κ1) is 24.9. The van der Waals surface area contributed by atoms with Crippen LogP contribution in [0.25, 0.3) is 0 Å². The van der Waals surface area contributed by atoms with Gasteiger partial charge in [0.25, 0.3) is 0 Å². The second kappa shape index (κ2) is 11.6. The van der Waals surface area contributed by atoms with Crippen LogP contribution in [0.5, 0.6) is 0 Å². The van der Waals surface area contributed by atoms with E-state index >= 15 is 0 Å². The Hall–Kier alpha value is -1.05. The highest BCUT2D eigenvalue weighted by Crippen LogP contribution is 2.16. The van der Waals surface area contributed by atoms with Crippen molar-refractivity contribution in [3.05, 3.63) is 34.8 Å². The van der Waals surface area contributed by atoms with Crippen molar-refractivity contribution in [3.63, 3.8) is 0 Å². The van der Waals surface area contributed by atoms with Crippen molar-refractivity contribution in [2.75, 3.05) is 22.9 Å². The average Bonchev–Trinajstić information content (AvgIpc) is 2.30. The fourth-order valence-electron chi connectivity index (χ4n) is 0.909. The third-order valence-electron chi connectivity index (χ3n) is 1.87. The average molecular weight is 397 g/mol. The van der Waals surface area contributed by atoms with Gasteiger partial charge in [0.1, 0.15) is 10.3 Å². The molecule has 0 saturated carbocycles. The maximum Gasteiger partial charge on any atom is 0.131 e. The molecule has 0 atom stereocenters. The number of halogens is 5. The van der Waals surface area contributed by atoms with Gasteiger partial charge < -0.3 is 22.9 Å². The molecule has 0 saturated heterocycles. The number of nitrogens with zero attached hydrogens (tertiary/aromatic N) is 2. The zero-order valence-corrected chi connectivity index (χ0v) is 14.5. The fourth-order valence-corrected chi connectivity index (χ4v) is 1.24. The summed E-state index contributed by atoms with van der Waals surface area (Å²) in [6.07, 6.45) is 2.86. The number of pyridine rings is 2. The summed E-state index contributed by atoms with van der Waals surface area (Å²) < 4.78 is 0. The highest BCUT2D eigenvalue weighted by atomic mass is 35.5. The molecular formula is C10H15Cl5N6. The number of nitrogen functional groups attached to an aromatic ring is 4. The van der Waals surface area contributed by atoms with Gasteiger partial charge in [-0.2, -0.15) is 0 Å². The first-order chi connectivity index (χ1) is 8.40. The minimum atomic E-state index is 0. The van der Waals surface area contributed by atoms with E-state index in [1.807, 2.05) is 0 Å². The van der Waals surface area contributed by atoms with E-state index in [-0.39, 0.29) is 37.2 Å². The molecule has 11 heteroatoms. The van der Waals surface area contributed by atoms with Crippen LogP contribution in [-0.2, 0) is 0 Å². The highest BCUT2D eigenvalue weighted by Gasteiger charge is 1.94. The van der Waals surface area contributed by atoms with Crippen LogP contribution in [0.15, 0.2) is 24.5 Å². The lowest BCUT2D eigenvalue weighted by Gasteiger charge is -1.96. The summed E-state index contributed by atoms with van der Waals surface area (Å²) in [5.74, 6) is 0. The van der Waals surface area contributed by atoms with Crippen LogP contribution < -0.4 is 22.9 Å². The van der Waals surface area contributed by atoms with Crippen molar-refractivity contribution in [1.82, 2.24) is 9.97 Å². The lowest BCUT2D eigenvalue weighted by atomic mass is 10.4.